The summed E-state index contributed by atoms with van der Waals surface area (Å²) in [7, 11) is 0. The normalized spacial score (nSPS) is 19.6. The van der Waals surface area contributed by atoms with E-state index in [4.69, 9.17) is 15.6 Å². The number of likely N-dealkylation sites (tertiary alicyclic amines) is 1. The molecule has 20 heavy (non-hydrogen) atoms. The molecule has 0 radical (unpaired) electrons. The van der Waals surface area contributed by atoms with Gasteiger partial charge in [0.15, 0.2) is 0 Å². The van der Waals surface area contributed by atoms with Gasteiger partial charge in [-0.25, -0.2) is 4.98 Å². The van der Waals surface area contributed by atoms with Gasteiger partial charge in [0, 0.05) is 31.2 Å². The fourth-order valence-corrected chi connectivity index (χ4v) is 2.68. The second kappa shape index (κ2) is 5.64. The summed E-state index contributed by atoms with van der Waals surface area (Å²) in [4.78, 5) is 6.29. The van der Waals surface area contributed by atoms with Crippen LogP contribution in [-0.4, -0.2) is 47.3 Å². The third kappa shape index (κ3) is 2.69. The van der Waals surface area contributed by atoms with Crippen molar-refractivity contribution in [3.8, 4) is 5.75 Å². The van der Waals surface area contributed by atoms with Gasteiger partial charge in [0.05, 0.1) is 6.61 Å². The van der Waals surface area contributed by atoms with Crippen molar-refractivity contribution in [1.29, 1.82) is 0 Å². The van der Waals surface area contributed by atoms with Crippen LogP contribution in [0.3, 0.4) is 0 Å². The van der Waals surface area contributed by atoms with Gasteiger partial charge in [0.25, 0.3) is 0 Å². The minimum Gasteiger partial charge on any atom is -0.489 e. The van der Waals surface area contributed by atoms with Crippen molar-refractivity contribution in [2.24, 2.45) is 0 Å². The molecule has 0 unspecified atom stereocenters. The van der Waals surface area contributed by atoms with Crippen molar-refractivity contribution >= 4 is 16.6 Å². The van der Waals surface area contributed by atoms with Gasteiger partial charge in [0.1, 0.15) is 17.7 Å². The zero-order valence-electron chi connectivity index (χ0n) is 11.3. The average molecular weight is 273 g/mol. The Labute approximate surface area is 118 Å². The van der Waals surface area contributed by atoms with Crippen LogP contribution in [0.5, 0.6) is 5.75 Å². The maximum atomic E-state index is 8.95. The molecule has 1 aromatic heterocycles. The molecule has 5 heteroatoms. The van der Waals surface area contributed by atoms with Gasteiger partial charge < -0.3 is 15.6 Å². The van der Waals surface area contributed by atoms with Crippen molar-refractivity contribution in [2.75, 3.05) is 32.0 Å². The lowest BCUT2D eigenvalue weighted by atomic mass is 10.1. The van der Waals surface area contributed by atoms with E-state index in [2.05, 4.69) is 9.88 Å². The molecule has 2 heterocycles. The summed E-state index contributed by atoms with van der Waals surface area (Å²) in [6.45, 7) is 2.78. The molecule has 0 amide bonds. The van der Waals surface area contributed by atoms with Crippen LogP contribution in [0.1, 0.15) is 6.42 Å². The smallest absolute Gasteiger partial charge is 0.131 e. The van der Waals surface area contributed by atoms with Crippen molar-refractivity contribution in [1.82, 2.24) is 9.88 Å². The second-order valence-electron chi connectivity index (χ2n) is 5.13. The van der Waals surface area contributed by atoms with Gasteiger partial charge in [-0.1, -0.05) is 0 Å². The molecule has 1 fully saturated rings. The van der Waals surface area contributed by atoms with Gasteiger partial charge in [-0.15, -0.1) is 0 Å². The number of fused-ring (bicyclic) bond motifs is 1. The highest BCUT2D eigenvalue weighted by atomic mass is 16.5. The van der Waals surface area contributed by atoms with Crippen LogP contribution in [0.4, 0.5) is 5.82 Å². The summed E-state index contributed by atoms with van der Waals surface area (Å²) in [5.41, 5.74) is 5.84. The van der Waals surface area contributed by atoms with E-state index < -0.39 is 0 Å². The highest BCUT2D eigenvalue weighted by molar-refractivity contribution is 5.91. The van der Waals surface area contributed by atoms with E-state index in [-0.39, 0.29) is 12.7 Å². The fraction of sp³-hybridized carbons (Fsp3) is 0.400. The van der Waals surface area contributed by atoms with Crippen molar-refractivity contribution in [3.05, 3.63) is 30.5 Å². The molecular formula is C15H19N3O2. The van der Waals surface area contributed by atoms with Crippen LogP contribution in [0.2, 0.25) is 0 Å². The van der Waals surface area contributed by atoms with Crippen LogP contribution in [0.25, 0.3) is 10.8 Å². The van der Waals surface area contributed by atoms with E-state index in [0.29, 0.717) is 5.82 Å². The monoisotopic (exact) mass is 273 g/mol. The number of nitrogen functional groups attached to an aromatic ring is 1. The number of ether oxygens (including phenoxy) is 1. The first-order chi connectivity index (χ1) is 9.76. The Kier molecular flexibility index (Phi) is 3.71. The summed E-state index contributed by atoms with van der Waals surface area (Å²) >= 11 is 0. The van der Waals surface area contributed by atoms with E-state index in [1.807, 2.05) is 24.3 Å². The molecule has 1 saturated heterocycles. The van der Waals surface area contributed by atoms with Gasteiger partial charge >= 0.3 is 0 Å². The predicted octanol–water partition coefficient (Wildman–Crippen LogP) is 1.26. The number of anilines is 1. The zero-order chi connectivity index (χ0) is 13.9. The summed E-state index contributed by atoms with van der Waals surface area (Å²) in [5, 5.41) is 10.9. The van der Waals surface area contributed by atoms with Gasteiger partial charge in [-0.2, -0.15) is 0 Å². The van der Waals surface area contributed by atoms with Crippen LogP contribution in [0.15, 0.2) is 30.5 Å². The number of β-amino-alcohol motifs (C(OH)–C–C–N with tert-alkyl or cyclic N) is 1. The molecule has 0 aliphatic carbocycles. The van der Waals surface area contributed by atoms with Crippen molar-refractivity contribution < 1.29 is 9.84 Å². The Balaban J connectivity index is 1.72. The van der Waals surface area contributed by atoms with Crippen LogP contribution >= 0.6 is 0 Å². The molecule has 5 nitrogen and oxygen atoms in total. The molecule has 3 N–H and O–H groups in total. The number of hydrogen-bond acceptors (Lipinski definition) is 5. The highest BCUT2D eigenvalue weighted by Crippen LogP contribution is 2.25. The van der Waals surface area contributed by atoms with Crippen molar-refractivity contribution in [2.45, 2.75) is 12.5 Å². The first-order valence-corrected chi connectivity index (χ1v) is 6.90. The number of nitrogens with zero attached hydrogens (tertiary/aromatic N) is 2. The lowest BCUT2D eigenvalue weighted by molar-refractivity contribution is 0.181. The Morgan fingerprint density at radius 1 is 1.40 bits per heavy atom. The van der Waals surface area contributed by atoms with Crippen LogP contribution in [0, 0.1) is 0 Å². The molecule has 0 saturated carbocycles. The van der Waals surface area contributed by atoms with E-state index in [0.717, 1.165) is 42.6 Å². The Hall–Kier alpha value is -1.85. The van der Waals surface area contributed by atoms with E-state index in [1.165, 1.54) is 0 Å². The number of pyridine rings is 1. The minimum absolute atomic E-state index is 0.193. The Bertz CT molecular complexity index is 603. The maximum Gasteiger partial charge on any atom is 0.131 e. The number of aromatic nitrogens is 1. The van der Waals surface area contributed by atoms with E-state index >= 15 is 0 Å². The largest absolute Gasteiger partial charge is 0.489 e. The van der Waals surface area contributed by atoms with Crippen LogP contribution in [-0.2, 0) is 0 Å². The molecule has 0 spiro atoms. The second-order valence-corrected chi connectivity index (χ2v) is 5.13. The Morgan fingerprint density at radius 3 is 3.15 bits per heavy atom. The first kappa shape index (κ1) is 13.1. The van der Waals surface area contributed by atoms with E-state index in [9.17, 15) is 0 Å². The standard InChI is InChI=1S/C15H19N3O2/c16-15-14-2-1-12(9-11(14)3-5-17-15)20-13-4-6-18(10-13)7-8-19/h1-3,5,9,13,19H,4,6-8,10H2,(H2,16,17)/t13-/m0/s1. The third-order valence-electron chi connectivity index (χ3n) is 3.71. The summed E-state index contributed by atoms with van der Waals surface area (Å²) in [5.74, 6) is 1.41. The number of benzene rings is 1. The molecule has 1 atom stereocenters. The number of aliphatic hydroxyl groups excluding tert-OH is 1. The predicted molar refractivity (Wildman–Crippen MR) is 78.7 cm³/mol. The number of hydrogen-bond donors (Lipinski definition) is 2. The molecular weight excluding hydrogens is 254 g/mol. The summed E-state index contributed by atoms with van der Waals surface area (Å²) in [6.07, 6.45) is 2.90. The van der Waals surface area contributed by atoms with Crippen LogP contribution < -0.4 is 10.5 Å². The molecule has 1 aromatic carbocycles. The molecule has 1 aliphatic rings. The summed E-state index contributed by atoms with van der Waals surface area (Å²) < 4.78 is 6.02. The quantitative estimate of drug-likeness (QED) is 0.877. The molecule has 1 aliphatic heterocycles. The zero-order valence-corrected chi connectivity index (χ0v) is 11.3. The SMILES string of the molecule is Nc1nccc2cc(O[C@H]3CCN(CCO)C3)ccc12. The number of aliphatic hydroxyl groups is 1. The summed E-state index contributed by atoms with van der Waals surface area (Å²) in [6, 6.07) is 7.83. The van der Waals surface area contributed by atoms with Gasteiger partial charge in [0.2, 0.25) is 0 Å². The minimum atomic E-state index is 0.193. The molecule has 2 aromatic rings. The molecule has 106 valence electrons. The maximum absolute atomic E-state index is 8.95. The number of rotatable bonds is 4. The van der Waals surface area contributed by atoms with Crippen molar-refractivity contribution in [3.63, 3.8) is 0 Å². The molecule has 3 rings (SSSR count). The Morgan fingerprint density at radius 2 is 2.30 bits per heavy atom. The fourth-order valence-electron chi connectivity index (χ4n) is 2.68. The average Bonchev–Trinajstić information content (AvgIpc) is 2.87. The topological polar surface area (TPSA) is 71.6 Å². The van der Waals surface area contributed by atoms with Gasteiger partial charge in [-0.3, -0.25) is 4.90 Å². The highest BCUT2D eigenvalue weighted by Gasteiger charge is 2.23. The van der Waals surface area contributed by atoms with E-state index in [1.54, 1.807) is 6.20 Å². The molecule has 0 bridgehead atoms. The first-order valence-electron chi connectivity index (χ1n) is 6.90. The lowest BCUT2D eigenvalue weighted by Gasteiger charge is -2.16. The van der Waals surface area contributed by atoms with Gasteiger partial charge in [-0.05, 0) is 36.1 Å². The lowest BCUT2D eigenvalue weighted by Crippen LogP contribution is -2.27. The number of nitrogens with two attached hydrogens (primary N) is 1. The third-order valence-corrected chi connectivity index (χ3v) is 3.71.